The van der Waals surface area contributed by atoms with Crippen LogP contribution in [0.4, 0.5) is 0 Å². The Morgan fingerprint density at radius 2 is 1.22 bits per heavy atom. The Hall–Kier alpha value is -6.46. The van der Waals surface area contributed by atoms with Crippen molar-refractivity contribution in [3.05, 3.63) is 185 Å². The summed E-state index contributed by atoms with van der Waals surface area (Å²) in [7, 11) is 0. The van der Waals surface area contributed by atoms with E-state index in [2.05, 4.69) is 108 Å². The number of benzene rings is 6. The first kappa shape index (κ1) is 28.5. The molecule has 0 saturated carbocycles. The predicted molar refractivity (Wildman–Crippen MR) is 203 cm³/mol. The van der Waals surface area contributed by atoms with Crippen LogP contribution >= 0.6 is 0 Å². The van der Waals surface area contributed by atoms with E-state index in [0.717, 1.165) is 73.6 Å². The molecule has 5 heteroatoms. The Labute approximate surface area is 288 Å². The third kappa shape index (κ3) is 4.62. The molecule has 0 amide bonds. The van der Waals surface area contributed by atoms with Crippen LogP contribution in [0.25, 0.3) is 50.1 Å². The van der Waals surface area contributed by atoms with Crippen LogP contribution in [0.3, 0.4) is 0 Å². The molecule has 8 aromatic rings. The van der Waals surface area contributed by atoms with E-state index < -0.39 is 6.17 Å². The van der Waals surface area contributed by atoms with Crippen LogP contribution in [0.5, 0.6) is 0 Å². The first-order valence-corrected chi connectivity index (χ1v) is 17.0. The average Bonchev–Trinajstić information content (AvgIpc) is 3.77. The van der Waals surface area contributed by atoms with Gasteiger partial charge in [0.25, 0.3) is 0 Å². The number of rotatable bonds is 5. The molecule has 50 heavy (non-hydrogen) atoms. The number of aliphatic imine (C=N–C) groups is 2. The van der Waals surface area contributed by atoms with Crippen molar-refractivity contribution < 1.29 is 8.83 Å². The molecule has 2 atom stereocenters. The number of para-hydroxylation sites is 2. The van der Waals surface area contributed by atoms with E-state index >= 15 is 0 Å². The van der Waals surface area contributed by atoms with Crippen LogP contribution in [-0.2, 0) is 0 Å². The summed E-state index contributed by atoms with van der Waals surface area (Å²) in [6.07, 6.45) is 4.85. The minimum Gasteiger partial charge on any atom is -0.456 e. The van der Waals surface area contributed by atoms with Gasteiger partial charge in [0.1, 0.15) is 34.2 Å². The minimum atomic E-state index is -0.402. The van der Waals surface area contributed by atoms with Crippen LogP contribution in [0.1, 0.15) is 52.1 Å². The first-order chi connectivity index (χ1) is 24.8. The van der Waals surface area contributed by atoms with Crippen LogP contribution in [-0.4, -0.2) is 11.7 Å². The van der Waals surface area contributed by atoms with Gasteiger partial charge in [0.05, 0.1) is 5.56 Å². The molecule has 3 heterocycles. The largest absolute Gasteiger partial charge is 0.456 e. The zero-order valence-corrected chi connectivity index (χ0v) is 27.1. The van der Waals surface area contributed by atoms with Crippen LogP contribution in [0, 0.1) is 0 Å². The number of amidine groups is 2. The highest BCUT2D eigenvalue weighted by molar-refractivity contribution is 6.23. The van der Waals surface area contributed by atoms with Gasteiger partial charge in [-0.1, -0.05) is 133 Å². The SMILES string of the molecule is C1=Cc2oc3ccccc3c2C(c2ccccc2-c2ccc(C3=NC(c4ccccc4)N=C(c4ccccc4)N3)c3oc4ccccc4c23)C1. The summed E-state index contributed by atoms with van der Waals surface area (Å²) in [5.41, 5.74) is 10.3. The Kier molecular flexibility index (Phi) is 6.62. The Morgan fingerprint density at radius 3 is 2.06 bits per heavy atom. The molecule has 2 aliphatic rings. The summed E-state index contributed by atoms with van der Waals surface area (Å²) in [5, 5.41) is 6.90. The molecule has 2 unspecified atom stereocenters. The molecule has 1 N–H and O–H groups in total. The Balaban J connectivity index is 1.17. The molecule has 10 rings (SSSR count). The first-order valence-electron chi connectivity index (χ1n) is 17.0. The molecule has 0 saturated heterocycles. The van der Waals surface area contributed by atoms with Crippen molar-refractivity contribution in [2.24, 2.45) is 9.98 Å². The summed E-state index contributed by atoms with van der Waals surface area (Å²) < 4.78 is 13.1. The van der Waals surface area contributed by atoms with Gasteiger partial charge in [-0.2, -0.15) is 0 Å². The molecule has 0 bridgehead atoms. The molecule has 1 aliphatic carbocycles. The lowest BCUT2D eigenvalue weighted by Gasteiger charge is -2.24. The quantitative estimate of drug-likeness (QED) is 0.203. The van der Waals surface area contributed by atoms with Gasteiger partial charge in [0, 0.05) is 33.2 Å². The topological polar surface area (TPSA) is 63.0 Å². The van der Waals surface area contributed by atoms with Gasteiger partial charge in [-0.25, -0.2) is 9.98 Å². The van der Waals surface area contributed by atoms with Gasteiger partial charge in [0.15, 0.2) is 6.17 Å². The molecule has 6 aromatic carbocycles. The number of hydrogen-bond acceptors (Lipinski definition) is 5. The lowest BCUT2D eigenvalue weighted by molar-refractivity contribution is 0.590. The van der Waals surface area contributed by atoms with Gasteiger partial charge in [-0.15, -0.1) is 0 Å². The number of allylic oxidation sites excluding steroid dienone is 1. The number of fused-ring (bicyclic) bond motifs is 6. The molecule has 0 spiro atoms. The highest BCUT2D eigenvalue weighted by atomic mass is 16.3. The van der Waals surface area contributed by atoms with E-state index in [1.165, 1.54) is 22.1 Å². The fourth-order valence-electron chi connectivity index (χ4n) is 7.67. The molecule has 5 nitrogen and oxygen atoms in total. The highest BCUT2D eigenvalue weighted by Crippen LogP contribution is 2.47. The third-order valence-corrected chi connectivity index (χ3v) is 9.94. The Morgan fingerprint density at radius 1 is 0.560 bits per heavy atom. The van der Waals surface area contributed by atoms with Gasteiger partial charge in [0.2, 0.25) is 0 Å². The van der Waals surface area contributed by atoms with Crippen LogP contribution in [0.15, 0.2) is 170 Å². The zero-order chi connectivity index (χ0) is 33.0. The van der Waals surface area contributed by atoms with Crippen molar-refractivity contribution in [3.8, 4) is 11.1 Å². The third-order valence-electron chi connectivity index (χ3n) is 9.94. The van der Waals surface area contributed by atoms with Gasteiger partial charge >= 0.3 is 0 Å². The maximum atomic E-state index is 6.78. The summed E-state index contributed by atoms with van der Waals surface area (Å²) in [5.74, 6) is 2.58. The van der Waals surface area contributed by atoms with Crippen LogP contribution < -0.4 is 5.32 Å². The molecule has 0 radical (unpaired) electrons. The maximum absolute atomic E-state index is 6.78. The minimum absolute atomic E-state index is 0.142. The summed E-state index contributed by atoms with van der Waals surface area (Å²) >= 11 is 0. The highest BCUT2D eigenvalue weighted by Gasteiger charge is 2.29. The van der Waals surface area contributed by atoms with E-state index in [9.17, 15) is 0 Å². The molecule has 2 aromatic heterocycles. The number of hydrogen-bond donors (Lipinski definition) is 1. The van der Waals surface area contributed by atoms with E-state index in [1.807, 2.05) is 54.6 Å². The summed E-state index contributed by atoms with van der Waals surface area (Å²) in [4.78, 5) is 10.3. The summed E-state index contributed by atoms with van der Waals surface area (Å²) in [6, 6.07) is 50.3. The second kappa shape index (κ2) is 11.6. The van der Waals surface area contributed by atoms with Gasteiger partial charge in [-0.3, -0.25) is 0 Å². The molecular formula is C45H31N3O2. The molecule has 1 aliphatic heterocycles. The van der Waals surface area contributed by atoms with Crippen molar-refractivity contribution in [1.82, 2.24) is 5.32 Å². The fraction of sp³-hybridized carbons (Fsp3) is 0.0667. The van der Waals surface area contributed by atoms with Crippen molar-refractivity contribution >= 4 is 50.7 Å². The smallest absolute Gasteiger partial charge is 0.169 e. The van der Waals surface area contributed by atoms with Gasteiger partial charge < -0.3 is 14.2 Å². The lowest BCUT2D eigenvalue weighted by Crippen LogP contribution is -2.36. The second-order valence-electron chi connectivity index (χ2n) is 12.8. The molecule has 0 fully saturated rings. The number of nitrogens with one attached hydrogen (secondary N) is 1. The van der Waals surface area contributed by atoms with E-state index in [0.29, 0.717) is 0 Å². The Bertz CT molecular complexity index is 2660. The normalized spacial score (nSPS) is 17.0. The standard InChI is InChI=1S/C45H31N3O2/c1-3-14-28(15-4-1)43-46-44(29-16-5-2-6-17-29)48-45(47-43)36-27-26-33(41-35-21-10-12-24-38(35)50-42(36)41)31-19-8-7-18-30(31)32-22-13-25-39-40(32)34-20-9-11-23-37(34)49-39/h1-21,23-27,32,43H,22H2,(H,46,47,48). The second-order valence-corrected chi connectivity index (χ2v) is 12.8. The predicted octanol–water partition coefficient (Wildman–Crippen LogP) is 11.0. The van der Waals surface area contributed by atoms with Crippen molar-refractivity contribution in [2.45, 2.75) is 18.5 Å². The van der Waals surface area contributed by atoms with Crippen molar-refractivity contribution in [1.29, 1.82) is 0 Å². The van der Waals surface area contributed by atoms with E-state index in [4.69, 9.17) is 18.8 Å². The monoisotopic (exact) mass is 645 g/mol. The zero-order valence-electron chi connectivity index (χ0n) is 27.1. The van der Waals surface area contributed by atoms with E-state index in [-0.39, 0.29) is 5.92 Å². The molecule has 238 valence electrons. The van der Waals surface area contributed by atoms with Crippen LogP contribution in [0.2, 0.25) is 0 Å². The van der Waals surface area contributed by atoms with Crippen molar-refractivity contribution in [3.63, 3.8) is 0 Å². The number of furan rings is 2. The lowest BCUT2D eigenvalue weighted by atomic mass is 9.80. The fourth-order valence-corrected chi connectivity index (χ4v) is 7.67. The maximum Gasteiger partial charge on any atom is 0.169 e. The van der Waals surface area contributed by atoms with E-state index in [1.54, 1.807) is 0 Å². The number of nitrogens with zero attached hydrogens (tertiary/aromatic N) is 2. The average molecular weight is 646 g/mol. The van der Waals surface area contributed by atoms with Crippen molar-refractivity contribution in [2.75, 3.05) is 0 Å². The van der Waals surface area contributed by atoms with Gasteiger partial charge in [-0.05, 0) is 52.9 Å². The summed E-state index contributed by atoms with van der Waals surface area (Å²) in [6.45, 7) is 0. The molecular weight excluding hydrogens is 615 g/mol.